The Bertz CT molecular complexity index is 578. The van der Waals surface area contributed by atoms with E-state index in [2.05, 4.69) is 10.5 Å². The summed E-state index contributed by atoms with van der Waals surface area (Å²) < 4.78 is 15.9. The monoisotopic (exact) mass is 336 g/mol. The number of hydrogen-bond donors (Lipinski definition) is 2. The number of hydrazone groups is 1. The van der Waals surface area contributed by atoms with Crippen LogP contribution in [0, 0.1) is 0 Å². The van der Waals surface area contributed by atoms with Crippen LogP contribution in [0.2, 0.25) is 0 Å². The lowest BCUT2D eigenvalue weighted by atomic mass is 10.0. The van der Waals surface area contributed by atoms with Gasteiger partial charge in [-0.25, -0.2) is 5.43 Å². The van der Waals surface area contributed by atoms with E-state index in [0.717, 1.165) is 24.9 Å². The molecule has 1 aromatic rings. The van der Waals surface area contributed by atoms with Gasteiger partial charge in [0.2, 0.25) is 5.75 Å². The highest BCUT2D eigenvalue weighted by Gasteiger charge is 2.29. The van der Waals surface area contributed by atoms with Crippen LogP contribution in [0.5, 0.6) is 17.2 Å². The Kier molecular flexibility index (Phi) is 6.43. The number of carbonyl (C=O) groups is 1. The van der Waals surface area contributed by atoms with Gasteiger partial charge in [-0.15, -0.1) is 0 Å². The minimum absolute atomic E-state index is 0.0316. The summed E-state index contributed by atoms with van der Waals surface area (Å²) in [6, 6.07) is 3.51. The molecule has 0 aromatic heterocycles. The molecule has 2 rings (SSSR count). The van der Waals surface area contributed by atoms with Crippen LogP contribution in [0.1, 0.15) is 24.8 Å². The fourth-order valence-electron chi connectivity index (χ4n) is 2.95. The van der Waals surface area contributed by atoms with Gasteiger partial charge in [-0.05, 0) is 25.0 Å². The summed E-state index contributed by atoms with van der Waals surface area (Å²) in [5, 5.41) is 4.07. The molecule has 132 valence electrons. The van der Waals surface area contributed by atoms with E-state index in [1.807, 2.05) is 7.05 Å². The number of likely N-dealkylation sites (N-methyl/N-ethyl adjacent to an activating group) is 1. The number of benzene rings is 1. The van der Waals surface area contributed by atoms with Crippen molar-refractivity contribution in [3.63, 3.8) is 0 Å². The number of hydrogen-bond acceptors (Lipinski definition) is 5. The van der Waals surface area contributed by atoms with Crippen molar-refractivity contribution in [2.75, 3.05) is 34.9 Å². The van der Waals surface area contributed by atoms with Gasteiger partial charge >= 0.3 is 0 Å². The molecule has 24 heavy (non-hydrogen) atoms. The molecule has 1 aliphatic rings. The van der Waals surface area contributed by atoms with E-state index in [-0.39, 0.29) is 11.9 Å². The zero-order chi connectivity index (χ0) is 17.5. The van der Waals surface area contributed by atoms with Gasteiger partial charge in [0.15, 0.2) is 17.5 Å². The van der Waals surface area contributed by atoms with E-state index in [0.29, 0.717) is 17.2 Å². The lowest BCUT2D eigenvalue weighted by Crippen LogP contribution is -3.15. The first kappa shape index (κ1) is 18.1. The van der Waals surface area contributed by atoms with Crippen molar-refractivity contribution in [3.8, 4) is 17.2 Å². The zero-order valence-electron chi connectivity index (χ0n) is 14.7. The van der Waals surface area contributed by atoms with Crippen LogP contribution in [-0.4, -0.2) is 53.1 Å². The molecule has 0 bridgehead atoms. The van der Waals surface area contributed by atoms with Crippen LogP contribution in [0.4, 0.5) is 0 Å². The number of carbonyl (C=O) groups excluding carboxylic acids is 1. The lowest BCUT2D eigenvalue weighted by molar-refractivity contribution is -0.901. The normalized spacial score (nSPS) is 20.7. The minimum atomic E-state index is -0.0455. The van der Waals surface area contributed by atoms with Crippen molar-refractivity contribution in [2.24, 2.45) is 5.10 Å². The fraction of sp³-hybridized carbons (Fsp3) is 0.529. The van der Waals surface area contributed by atoms with Gasteiger partial charge in [-0.2, -0.15) is 5.10 Å². The number of ether oxygens (including phenoxy) is 3. The van der Waals surface area contributed by atoms with Crippen LogP contribution in [0.25, 0.3) is 0 Å². The quantitative estimate of drug-likeness (QED) is 0.576. The van der Waals surface area contributed by atoms with Crippen molar-refractivity contribution in [1.29, 1.82) is 0 Å². The molecule has 1 aliphatic heterocycles. The van der Waals surface area contributed by atoms with Crippen LogP contribution in [0.15, 0.2) is 17.2 Å². The number of likely N-dealkylation sites (tertiary alicyclic amines) is 1. The van der Waals surface area contributed by atoms with Gasteiger partial charge in [0.25, 0.3) is 5.91 Å². The Morgan fingerprint density at radius 1 is 1.21 bits per heavy atom. The van der Waals surface area contributed by atoms with Crippen LogP contribution in [0.3, 0.4) is 0 Å². The number of rotatable bonds is 6. The molecule has 7 heteroatoms. The summed E-state index contributed by atoms with van der Waals surface area (Å²) in [4.78, 5) is 13.5. The Morgan fingerprint density at radius 2 is 1.88 bits per heavy atom. The molecule has 7 nitrogen and oxygen atoms in total. The SMILES string of the molecule is COc1cc(C=NNC(=O)C2CCCC[NH+]2C)cc(OC)c1OC. The number of piperidine rings is 1. The molecule has 2 N–H and O–H groups in total. The topological polar surface area (TPSA) is 73.6 Å². The van der Waals surface area contributed by atoms with Crippen LogP contribution in [-0.2, 0) is 4.79 Å². The van der Waals surface area contributed by atoms with E-state index in [9.17, 15) is 4.79 Å². The second-order valence-corrected chi connectivity index (χ2v) is 5.84. The molecule has 0 saturated carbocycles. The Balaban J connectivity index is 2.07. The zero-order valence-corrected chi connectivity index (χ0v) is 14.7. The van der Waals surface area contributed by atoms with Crippen LogP contribution < -0.4 is 24.5 Å². The molecule has 0 aliphatic carbocycles. The summed E-state index contributed by atoms with van der Waals surface area (Å²) in [6.07, 6.45) is 4.73. The smallest absolute Gasteiger partial charge is 0.298 e. The molecular formula is C17H26N3O4+. The van der Waals surface area contributed by atoms with E-state index in [1.54, 1.807) is 39.7 Å². The van der Waals surface area contributed by atoms with Gasteiger partial charge in [0, 0.05) is 12.0 Å². The average molecular weight is 336 g/mol. The van der Waals surface area contributed by atoms with Crippen molar-refractivity contribution in [1.82, 2.24) is 5.43 Å². The summed E-state index contributed by atoms with van der Waals surface area (Å²) >= 11 is 0. The highest BCUT2D eigenvalue weighted by atomic mass is 16.5. The number of methoxy groups -OCH3 is 3. The Morgan fingerprint density at radius 3 is 2.42 bits per heavy atom. The van der Waals surface area contributed by atoms with Gasteiger partial charge < -0.3 is 19.1 Å². The van der Waals surface area contributed by atoms with Crippen LogP contribution >= 0.6 is 0 Å². The molecule has 0 radical (unpaired) electrons. The van der Waals surface area contributed by atoms with Crippen molar-refractivity contribution < 1.29 is 23.9 Å². The largest absolute Gasteiger partial charge is 0.493 e. The molecular weight excluding hydrogens is 310 g/mol. The van der Waals surface area contributed by atoms with Crippen molar-refractivity contribution >= 4 is 12.1 Å². The molecule has 1 amide bonds. The second-order valence-electron chi connectivity index (χ2n) is 5.84. The number of nitrogens with one attached hydrogen (secondary N) is 2. The van der Waals surface area contributed by atoms with Crippen molar-refractivity contribution in [3.05, 3.63) is 17.7 Å². The molecule has 0 spiro atoms. The highest BCUT2D eigenvalue weighted by molar-refractivity contribution is 5.85. The third kappa shape index (κ3) is 4.17. The number of quaternary nitrogens is 1. The Labute approximate surface area is 142 Å². The summed E-state index contributed by atoms with van der Waals surface area (Å²) in [6.45, 7) is 1.02. The maximum absolute atomic E-state index is 12.2. The molecule has 2 unspecified atom stereocenters. The molecule has 1 fully saturated rings. The number of amides is 1. The predicted molar refractivity (Wildman–Crippen MR) is 91.2 cm³/mol. The van der Waals surface area contributed by atoms with E-state index < -0.39 is 0 Å². The number of nitrogens with zero attached hydrogens (tertiary/aromatic N) is 1. The Hall–Kier alpha value is -2.28. The van der Waals surface area contributed by atoms with Gasteiger partial charge in [-0.3, -0.25) is 4.79 Å². The standard InChI is InChI=1S/C17H25N3O4/c1-20-8-6-5-7-13(20)17(21)19-18-11-12-9-14(22-2)16(24-4)15(10-12)23-3/h9-11,13H,5-8H2,1-4H3,(H,19,21)/p+1. The first-order chi connectivity index (χ1) is 11.6. The molecule has 1 saturated heterocycles. The third-order valence-corrected chi connectivity index (χ3v) is 4.30. The lowest BCUT2D eigenvalue weighted by Gasteiger charge is -2.27. The van der Waals surface area contributed by atoms with Gasteiger partial charge in [0.05, 0.1) is 41.1 Å². The molecule has 1 heterocycles. The van der Waals surface area contributed by atoms with Crippen molar-refractivity contribution in [2.45, 2.75) is 25.3 Å². The maximum Gasteiger partial charge on any atom is 0.298 e. The van der Waals surface area contributed by atoms with Gasteiger partial charge in [0.1, 0.15) is 0 Å². The third-order valence-electron chi connectivity index (χ3n) is 4.30. The van der Waals surface area contributed by atoms with E-state index in [4.69, 9.17) is 14.2 Å². The highest BCUT2D eigenvalue weighted by Crippen LogP contribution is 2.37. The molecule has 2 atom stereocenters. The first-order valence-corrected chi connectivity index (χ1v) is 8.06. The first-order valence-electron chi connectivity index (χ1n) is 8.06. The summed E-state index contributed by atoms with van der Waals surface area (Å²) in [5.74, 6) is 1.56. The van der Waals surface area contributed by atoms with E-state index >= 15 is 0 Å². The minimum Gasteiger partial charge on any atom is -0.493 e. The predicted octanol–water partition coefficient (Wildman–Crippen LogP) is 0.230. The average Bonchev–Trinajstić information content (AvgIpc) is 2.60. The second kappa shape index (κ2) is 8.54. The molecule has 1 aromatic carbocycles. The fourth-order valence-corrected chi connectivity index (χ4v) is 2.95. The maximum atomic E-state index is 12.2. The van der Waals surface area contributed by atoms with Gasteiger partial charge in [-0.1, -0.05) is 0 Å². The summed E-state index contributed by atoms with van der Waals surface area (Å²) in [7, 11) is 6.72. The van der Waals surface area contributed by atoms with E-state index in [1.165, 1.54) is 11.3 Å². The summed E-state index contributed by atoms with van der Waals surface area (Å²) in [5.41, 5.74) is 3.38.